The summed E-state index contributed by atoms with van der Waals surface area (Å²) in [6.07, 6.45) is 4.42. The third-order valence-corrected chi connectivity index (χ3v) is 3.65. The number of anilines is 1. The second-order valence-electron chi connectivity index (χ2n) is 4.17. The Morgan fingerprint density at radius 1 is 1.40 bits per heavy atom. The van der Waals surface area contributed by atoms with E-state index in [1.165, 1.54) is 0 Å². The molecule has 0 saturated carbocycles. The van der Waals surface area contributed by atoms with E-state index in [9.17, 15) is 0 Å². The van der Waals surface area contributed by atoms with Gasteiger partial charge in [-0.1, -0.05) is 6.08 Å². The molecule has 1 N–H and O–H groups in total. The molecule has 1 aromatic heterocycles. The van der Waals surface area contributed by atoms with Crippen molar-refractivity contribution in [2.75, 3.05) is 19.5 Å². The number of nitrogens with one attached hydrogen (secondary N) is 1. The lowest BCUT2D eigenvalue weighted by Gasteiger charge is -2.20. The van der Waals surface area contributed by atoms with Gasteiger partial charge in [0.2, 0.25) is 0 Å². The van der Waals surface area contributed by atoms with E-state index in [0.717, 1.165) is 28.6 Å². The molecule has 20 heavy (non-hydrogen) atoms. The first-order valence-corrected chi connectivity index (χ1v) is 7.15. The molecule has 0 aliphatic heterocycles. The normalized spacial score (nSPS) is 11.7. The summed E-state index contributed by atoms with van der Waals surface area (Å²) < 4.78 is 10.7. The molecule has 0 radical (unpaired) electrons. The number of nitrogens with zero attached hydrogens (tertiary/aromatic N) is 1. The van der Waals surface area contributed by atoms with Crippen molar-refractivity contribution in [3.63, 3.8) is 0 Å². The fourth-order valence-electron chi connectivity index (χ4n) is 1.99. The summed E-state index contributed by atoms with van der Waals surface area (Å²) in [5.74, 6) is 1.62. The largest absolute Gasteiger partial charge is 0.497 e. The van der Waals surface area contributed by atoms with Crippen molar-refractivity contribution < 1.29 is 9.47 Å². The van der Waals surface area contributed by atoms with Crippen molar-refractivity contribution in [1.82, 2.24) is 4.98 Å². The van der Waals surface area contributed by atoms with E-state index >= 15 is 0 Å². The number of ether oxygens (including phenoxy) is 2. The molecule has 0 bridgehead atoms. The Balaban J connectivity index is 2.33. The van der Waals surface area contributed by atoms with E-state index in [1.54, 1.807) is 31.8 Å². The summed E-state index contributed by atoms with van der Waals surface area (Å²) in [5, 5.41) is 6.22. The Morgan fingerprint density at radius 2 is 2.25 bits per heavy atom. The molecule has 1 heterocycles. The molecule has 0 aliphatic rings. The van der Waals surface area contributed by atoms with Crippen molar-refractivity contribution in [2.45, 2.75) is 12.5 Å². The summed E-state index contributed by atoms with van der Waals surface area (Å²) in [6.45, 7) is 3.82. The highest BCUT2D eigenvalue weighted by Gasteiger charge is 2.17. The van der Waals surface area contributed by atoms with E-state index in [2.05, 4.69) is 16.9 Å². The van der Waals surface area contributed by atoms with Crippen molar-refractivity contribution in [1.29, 1.82) is 0 Å². The van der Waals surface area contributed by atoms with Gasteiger partial charge in [-0.3, -0.25) is 0 Å². The predicted molar refractivity (Wildman–Crippen MR) is 82.8 cm³/mol. The first-order valence-electron chi connectivity index (χ1n) is 6.27. The van der Waals surface area contributed by atoms with Crippen molar-refractivity contribution in [3.05, 3.63) is 48.0 Å². The minimum atomic E-state index is 0.0451. The van der Waals surface area contributed by atoms with E-state index in [4.69, 9.17) is 9.47 Å². The molecule has 1 atom stereocenters. The summed E-state index contributed by atoms with van der Waals surface area (Å²) in [4.78, 5) is 4.26. The molecule has 1 unspecified atom stereocenters. The van der Waals surface area contributed by atoms with Crippen molar-refractivity contribution in [2.24, 2.45) is 0 Å². The summed E-state index contributed by atoms with van der Waals surface area (Å²) in [6, 6.07) is 5.82. The molecule has 1 aromatic carbocycles. The standard InChI is InChI=1S/C15H18N2O2S/c1-4-5-13(17-15-16-8-9-20-15)12-10-11(18-2)6-7-14(12)19-3/h4,6-10,13H,1,5H2,2-3H3,(H,16,17). The second kappa shape index (κ2) is 6.96. The average Bonchev–Trinajstić information content (AvgIpc) is 2.99. The molecule has 0 saturated heterocycles. The maximum atomic E-state index is 5.44. The van der Waals surface area contributed by atoms with Gasteiger partial charge in [-0.15, -0.1) is 17.9 Å². The van der Waals surface area contributed by atoms with Crippen LogP contribution in [0.4, 0.5) is 5.13 Å². The maximum absolute atomic E-state index is 5.44. The van der Waals surface area contributed by atoms with E-state index < -0.39 is 0 Å². The summed E-state index contributed by atoms with van der Waals surface area (Å²) in [5.41, 5.74) is 1.03. The first kappa shape index (κ1) is 14.4. The molecule has 0 aliphatic carbocycles. The molecular weight excluding hydrogens is 272 g/mol. The molecule has 0 amide bonds. The van der Waals surface area contributed by atoms with Gasteiger partial charge in [0, 0.05) is 17.1 Å². The fourth-order valence-corrected chi connectivity index (χ4v) is 2.57. The predicted octanol–water partition coefficient (Wildman–Crippen LogP) is 3.89. The topological polar surface area (TPSA) is 43.4 Å². The molecule has 106 valence electrons. The van der Waals surface area contributed by atoms with Crippen LogP contribution in [0.5, 0.6) is 11.5 Å². The van der Waals surface area contributed by atoms with Crippen LogP contribution >= 0.6 is 11.3 Å². The van der Waals surface area contributed by atoms with Gasteiger partial charge in [-0.25, -0.2) is 4.98 Å². The number of hydrogen-bond acceptors (Lipinski definition) is 5. The third-order valence-electron chi connectivity index (χ3n) is 2.94. The zero-order chi connectivity index (χ0) is 14.4. The van der Waals surface area contributed by atoms with Gasteiger partial charge in [0.1, 0.15) is 11.5 Å². The molecule has 0 spiro atoms. The zero-order valence-corrected chi connectivity index (χ0v) is 12.4. The van der Waals surface area contributed by atoms with Crippen LogP contribution in [0, 0.1) is 0 Å². The fraction of sp³-hybridized carbons (Fsp3) is 0.267. The van der Waals surface area contributed by atoms with E-state index in [1.807, 2.05) is 29.7 Å². The molecular formula is C15H18N2O2S. The molecule has 4 nitrogen and oxygen atoms in total. The number of aromatic nitrogens is 1. The Bertz CT molecular complexity index is 555. The van der Waals surface area contributed by atoms with Crippen LogP contribution in [0.25, 0.3) is 0 Å². The highest BCUT2D eigenvalue weighted by Crippen LogP contribution is 2.33. The quantitative estimate of drug-likeness (QED) is 0.786. The number of thiazole rings is 1. The highest BCUT2D eigenvalue weighted by molar-refractivity contribution is 7.13. The number of benzene rings is 1. The van der Waals surface area contributed by atoms with E-state index in [0.29, 0.717) is 0 Å². The average molecular weight is 290 g/mol. The van der Waals surface area contributed by atoms with Gasteiger partial charge >= 0.3 is 0 Å². The molecule has 5 heteroatoms. The van der Waals surface area contributed by atoms with Crippen LogP contribution in [0.15, 0.2) is 42.4 Å². The molecule has 0 fully saturated rings. The number of rotatable bonds is 7. The first-order chi connectivity index (χ1) is 9.78. The Labute approximate surface area is 123 Å². The summed E-state index contributed by atoms with van der Waals surface area (Å²) in [7, 11) is 3.32. The third kappa shape index (κ3) is 3.30. The van der Waals surface area contributed by atoms with Crippen LogP contribution in [0.2, 0.25) is 0 Å². The minimum Gasteiger partial charge on any atom is -0.497 e. The lowest BCUT2D eigenvalue weighted by Crippen LogP contribution is -2.11. The lowest BCUT2D eigenvalue weighted by atomic mass is 10.0. The Morgan fingerprint density at radius 3 is 2.85 bits per heavy atom. The van der Waals surface area contributed by atoms with Crippen LogP contribution < -0.4 is 14.8 Å². The summed E-state index contributed by atoms with van der Waals surface area (Å²) >= 11 is 1.57. The molecule has 2 aromatic rings. The molecule has 2 rings (SSSR count). The van der Waals surface area contributed by atoms with Crippen LogP contribution in [0.3, 0.4) is 0 Å². The minimum absolute atomic E-state index is 0.0451. The number of hydrogen-bond donors (Lipinski definition) is 1. The van der Waals surface area contributed by atoms with Gasteiger partial charge in [0.05, 0.1) is 20.3 Å². The monoisotopic (exact) mass is 290 g/mol. The maximum Gasteiger partial charge on any atom is 0.183 e. The zero-order valence-electron chi connectivity index (χ0n) is 11.6. The Kier molecular flexibility index (Phi) is 5.01. The number of methoxy groups -OCH3 is 2. The van der Waals surface area contributed by atoms with Crippen molar-refractivity contribution >= 4 is 16.5 Å². The van der Waals surface area contributed by atoms with Gasteiger partial charge in [-0.2, -0.15) is 0 Å². The van der Waals surface area contributed by atoms with Gasteiger partial charge in [0.15, 0.2) is 5.13 Å². The van der Waals surface area contributed by atoms with Crippen LogP contribution in [-0.4, -0.2) is 19.2 Å². The lowest BCUT2D eigenvalue weighted by molar-refractivity contribution is 0.396. The van der Waals surface area contributed by atoms with Gasteiger partial charge < -0.3 is 14.8 Å². The Hall–Kier alpha value is -2.01. The van der Waals surface area contributed by atoms with Crippen molar-refractivity contribution in [3.8, 4) is 11.5 Å². The highest BCUT2D eigenvalue weighted by atomic mass is 32.1. The smallest absolute Gasteiger partial charge is 0.183 e. The second-order valence-corrected chi connectivity index (χ2v) is 5.06. The van der Waals surface area contributed by atoms with Gasteiger partial charge in [0.25, 0.3) is 0 Å². The SMILES string of the molecule is C=CCC(Nc1nccs1)c1cc(OC)ccc1OC. The van der Waals surface area contributed by atoms with Gasteiger partial charge in [-0.05, 0) is 24.6 Å². The van der Waals surface area contributed by atoms with Crippen LogP contribution in [-0.2, 0) is 0 Å². The van der Waals surface area contributed by atoms with Crippen LogP contribution in [0.1, 0.15) is 18.0 Å². The van der Waals surface area contributed by atoms with E-state index in [-0.39, 0.29) is 6.04 Å².